The molecule has 1 saturated heterocycles. The van der Waals surface area contributed by atoms with Crippen LogP contribution in [-0.2, 0) is 6.54 Å². The van der Waals surface area contributed by atoms with Crippen LogP contribution in [0, 0.1) is 6.92 Å². The molecule has 0 radical (unpaired) electrons. The van der Waals surface area contributed by atoms with Crippen LogP contribution < -0.4 is 5.32 Å². The average Bonchev–Trinajstić information content (AvgIpc) is 2.70. The van der Waals surface area contributed by atoms with Gasteiger partial charge in [0.15, 0.2) is 0 Å². The van der Waals surface area contributed by atoms with Crippen molar-refractivity contribution in [1.29, 1.82) is 0 Å². The highest BCUT2D eigenvalue weighted by atomic mass is 15.2. The van der Waals surface area contributed by atoms with Gasteiger partial charge in [0.25, 0.3) is 0 Å². The fraction of sp³-hybridized carbons (Fsp3) is 0.786. The van der Waals surface area contributed by atoms with Crippen LogP contribution in [0.4, 0.5) is 5.95 Å². The van der Waals surface area contributed by atoms with Crippen LogP contribution in [0.2, 0.25) is 0 Å². The lowest BCUT2D eigenvalue weighted by Gasteiger charge is -2.29. The van der Waals surface area contributed by atoms with Gasteiger partial charge in [-0.3, -0.25) is 0 Å². The Kier molecular flexibility index (Phi) is 4.64. The molecular formula is C14H26N4. The lowest BCUT2D eigenvalue weighted by molar-refractivity contribution is 0.223. The number of nitrogens with zero attached hydrogens (tertiary/aromatic N) is 3. The minimum Gasteiger partial charge on any atom is -0.352 e. The summed E-state index contributed by atoms with van der Waals surface area (Å²) in [4.78, 5) is 7.11. The Balaban J connectivity index is 1.87. The summed E-state index contributed by atoms with van der Waals surface area (Å²) in [6.45, 7) is 11.1. The number of rotatable bonds is 5. The predicted octanol–water partition coefficient (Wildman–Crippen LogP) is 2.50. The second-order valence-corrected chi connectivity index (χ2v) is 5.40. The van der Waals surface area contributed by atoms with Gasteiger partial charge in [-0.25, -0.2) is 4.98 Å². The average molecular weight is 250 g/mol. The molecule has 0 bridgehead atoms. The van der Waals surface area contributed by atoms with Gasteiger partial charge in [0.05, 0.1) is 5.69 Å². The fourth-order valence-electron chi connectivity index (χ4n) is 2.70. The number of anilines is 1. The number of likely N-dealkylation sites (tertiary alicyclic amines) is 1. The maximum absolute atomic E-state index is 4.55. The third-order valence-electron chi connectivity index (χ3n) is 3.59. The van der Waals surface area contributed by atoms with Crippen LogP contribution in [0.1, 0.15) is 38.8 Å². The van der Waals surface area contributed by atoms with Gasteiger partial charge in [-0.1, -0.05) is 6.42 Å². The summed E-state index contributed by atoms with van der Waals surface area (Å²) < 4.78 is 2.18. The summed E-state index contributed by atoms with van der Waals surface area (Å²) in [6, 6.07) is 0.454. The Morgan fingerprint density at radius 3 is 2.72 bits per heavy atom. The molecule has 1 aliphatic heterocycles. The van der Waals surface area contributed by atoms with Crippen LogP contribution >= 0.6 is 0 Å². The molecule has 0 amide bonds. The molecule has 2 rings (SSSR count). The Labute approximate surface area is 110 Å². The number of imidazole rings is 1. The molecule has 0 saturated carbocycles. The monoisotopic (exact) mass is 250 g/mol. The first-order valence-electron chi connectivity index (χ1n) is 7.21. The van der Waals surface area contributed by atoms with E-state index in [-0.39, 0.29) is 0 Å². The van der Waals surface area contributed by atoms with E-state index in [0.717, 1.165) is 24.7 Å². The van der Waals surface area contributed by atoms with E-state index in [9.17, 15) is 0 Å². The van der Waals surface area contributed by atoms with Gasteiger partial charge >= 0.3 is 0 Å². The molecular weight excluding hydrogens is 224 g/mol. The maximum atomic E-state index is 4.55. The summed E-state index contributed by atoms with van der Waals surface area (Å²) >= 11 is 0. The molecule has 4 nitrogen and oxygen atoms in total. The molecule has 1 aromatic rings. The van der Waals surface area contributed by atoms with E-state index < -0.39 is 0 Å². The molecule has 102 valence electrons. The number of aryl methyl sites for hydroxylation is 2. The smallest absolute Gasteiger partial charge is 0.203 e. The quantitative estimate of drug-likeness (QED) is 0.871. The molecule has 1 aliphatic rings. The van der Waals surface area contributed by atoms with E-state index in [1.807, 2.05) is 6.92 Å². The first kappa shape index (κ1) is 13.4. The van der Waals surface area contributed by atoms with Crippen molar-refractivity contribution in [2.75, 3.05) is 25.0 Å². The van der Waals surface area contributed by atoms with Crippen LogP contribution in [0.15, 0.2) is 6.20 Å². The van der Waals surface area contributed by atoms with Crippen LogP contribution in [0.25, 0.3) is 0 Å². The van der Waals surface area contributed by atoms with Crippen molar-refractivity contribution in [2.45, 2.75) is 52.6 Å². The first-order chi connectivity index (χ1) is 8.69. The van der Waals surface area contributed by atoms with E-state index in [0.29, 0.717) is 6.04 Å². The van der Waals surface area contributed by atoms with Crippen molar-refractivity contribution >= 4 is 5.95 Å². The zero-order chi connectivity index (χ0) is 13.0. The molecule has 1 unspecified atom stereocenters. The highest BCUT2D eigenvalue weighted by Crippen LogP contribution is 2.12. The highest BCUT2D eigenvalue weighted by molar-refractivity contribution is 5.30. The number of aromatic nitrogens is 2. The van der Waals surface area contributed by atoms with Crippen LogP contribution in [-0.4, -0.2) is 40.1 Å². The second-order valence-electron chi connectivity index (χ2n) is 5.40. The molecule has 0 aliphatic carbocycles. The number of nitrogens with one attached hydrogen (secondary N) is 1. The van der Waals surface area contributed by atoms with Crippen molar-refractivity contribution < 1.29 is 0 Å². The van der Waals surface area contributed by atoms with Gasteiger partial charge < -0.3 is 14.8 Å². The second kappa shape index (κ2) is 6.23. The topological polar surface area (TPSA) is 33.1 Å². The third kappa shape index (κ3) is 3.48. The summed E-state index contributed by atoms with van der Waals surface area (Å²) in [5.41, 5.74) is 1.09. The summed E-state index contributed by atoms with van der Waals surface area (Å²) in [5, 5.41) is 3.54. The van der Waals surface area contributed by atoms with Crippen LogP contribution in [0.5, 0.6) is 0 Å². The Hall–Kier alpha value is -1.03. The SMILES string of the molecule is CCn1cc(C)nc1NC(C)CN1CCCCC1. The van der Waals surface area contributed by atoms with Crippen molar-refractivity contribution in [3.8, 4) is 0 Å². The third-order valence-corrected chi connectivity index (χ3v) is 3.59. The summed E-state index contributed by atoms with van der Waals surface area (Å²) in [7, 11) is 0. The Morgan fingerprint density at radius 2 is 2.06 bits per heavy atom. The van der Waals surface area contributed by atoms with Gasteiger partial charge in [-0.05, 0) is 46.7 Å². The van der Waals surface area contributed by atoms with Gasteiger partial charge in [-0.15, -0.1) is 0 Å². The number of piperidine rings is 1. The molecule has 0 aromatic carbocycles. The molecule has 1 atom stereocenters. The molecule has 4 heteroatoms. The normalized spacial score (nSPS) is 18.8. The minimum absolute atomic E-state index is 0.454. The van der Waals surface area contributed by atoms with Crippen molar-refractivity contribution in [1.82, 2.24) is 14.5 Å². The van der Waals surface area contributed by atoms with Gasteiger partial charge in [0, 0.05) is 25.3 Å². The van der Waals surface area contributed by atoms with Gasteiger partial charge in [0.2, 0.25) is 5.95 Å². The molecule has 0 spiro atoms. The Bertz CT molecular complexity index is 366. The zero-order valence-electron chi connectivity index (χ0n) is 11.9. The van der Waals surface area contributed by atoms with Crippen molar-refractivity contribution in [2.24, 2.45) is 0 Å². The first-order valence-corrected chi connectivity index (χ1v) is 7.21. The van der Waals surface area contributed by atoms with Crippen LogP contribution in [0.3, 0.4) is 0 Å². The number of hydrogen-bond acceptors (Lipinski definition) is 3. The van der Waals surface area contributed by atoms with E-state index in [4.69, 9.17) is 0 Å². The minimum atomic E-state index is 0.454. The highest BCUT2D eigenvalue weighted by Gasteiger charge is 2.14. The van der Waals surface area contributed by atoms with E-state index in [2.05, 4.69) is 39.8 Å². The van der Waals surface area contributed by atoms with Crippen molar-refractivity contribution in [3.05, 3.63) is 11.9 Å². The summed E-state index contributed by atoms with van der Waals surface area (Å²) in [5.74, 6) is 1.01. The molecule has 2 heterocycles. The largest absolute Gasteiger partial charge is 0.352 e. The lowest BCUT2D eigenvalue weighted by atomic mass is 10.1. The van der Waals surface area contributed by atoms with Crippen molar-refractivity contribution in [3.63, 3.8) is 0 Å². The molecule has 1 N–H and O–H groups in total. The number of hydrogen-bond donors (Lipinski definition) is 1. The lowest BCUT2D eigenvalue weighted by Crippen LogP contribution is -2.38. The predicted molar refractivity (Wildman–Crippen MR) is 76.0 cm³/mol. The van der Waals surface area contributed by atoms with Gasteiger partial charge in [0.1, 0.15) is 0 Å². The zero-order valence-corrected chi connectivity index (χ0v) is 11.9. The summed E-state index contributed by atoms with van der Waals surface area (Å²) in [6.07, 6.45) is 6.22. The van der Waals surface area contributed by atoms with E-state index in [1.165, 1.54) is 32.4 Å². The van der Waals surface area contributed by atoms with E-state index >= 15 is 0 Å². The molecule has 1 aromatic heterocycles. The van der Waals surface area contributed by atoms with Gasteiger partial charge in [-0.2, -0.15) is 0 Å². The van der Waals surface area contributed by atoms with E-state index in [1.54, 1.807) is 0 Å². The fourth-order valence-corrected chi connectivity index (χ4v) is 2.70. The Morgan fingerprint density at radius 1 is 1.33 bits per heavy atom. The molecule has 1 fully saturated rings. The maximum Gasteiger partial charge on any atom is 0.203 e. The standard InChI is InChI=1S/C14H26N4/c1-4-18-11-13(3)16-14(18)15-12(2)10-17-8-6-5-7-9-17/h11-12H,4-10H2,1-3H3,(H,15,16). The molecule has 18 heavy (non-hydrogen) atoms.